The fourth-order valence-corrected chi connectivity index (χ4v) is 3.37. The Hall–Kier alpha value is -2.54. The molecule has 1 amide bonds. The summed E-state index contributed by atoms with van der Waals surface area (Å²) in [5.74, 6) is -0.399. The van der Waals surface area contributed by atoms with Gasteiger partial charge in [0.2, 0.25) is 0 Å². The third-order valence-corrected chi connectivity index (χ3v) is 4.78. The molecule has 2 aromatic rings. The van der Waals surface area contributed by atoms with Crippen molar-refractivity contribution in [2.24, 2.45) is 5.73 Å². The Labute approximate surface area is 150 Å². The average molecular weight is 337 g/mol. The van der Waals surface area contributed by atoms with Crippen LogP contribution in [0.3, 0.4) is 0 Å². The molecular formula is C21H27N3O. The van der Waals surface area contributed by atoms with Crippen LogP contribution in [0.25, 0.3) is 11.3 Å². The van der Waals surface area contributed by atoms with Crippen molar-refractivity contribution in [3.05, 3.63) is 47.2 Å². The Kier molecular flexibility index (Phi) is 6.41. The first-order valence-corrected chi connectivity index (χ1v) is 9.01. The fourth-order valence-electron chi connectivity index (χ4n) is 3.37. The number of benzene rings is 1. The molecular weight excluding hydrogens is 310 g/mol. The monoisotopic (exact) mass is 337 g/mol. The maximum Gasteiger partial charge on any atom is 0.250 e. The van der Waals surface area contributed by atoms with Crippen molar-refractivity contribution >= 4 is 5.91 Å². The second-order valence-corrected chi connectivity index (χ2v) is 6.65. The zero-order valence-electron chi connectivity index (χ0n) is 15.4. The number of nitrogens with zero attached hydrogens (tertiary/aromatic N) is 2. The average Bonchev–Trinajstić information content (AvgIpc) is 2.96. The van der Waals surface area contributed by atoms with E-state index in [0.717, 1.165) is 23.4 Å². The summed E-state index contributed by atoms with van der Waals surface area (Å²) < 4.78 is 2.22. The van der Waals surface area contributed by atoms with Crippen molar-refractivity contribution in [2.45, 2.75) is 58.9 Å². The first kappa shape index (κ1) is 18.8. The Balaban J connectivity index is 2.38. The topological polar surface area (TPSA) is 71.8 Å². The van der Waals surface area contributed by atoms with Crippen LogP contribution in [0.5, 0.6) is 0 Å². The molecule has 1 heterocycles. The van der Waals surface area contributed by atoms with Gasteiger partial charge in [-0.05, 0) is 44.0 Å². The summed E-state index contributed by atoms with van der Waals surface area (Å²) in [4.78, 5) is 11.8. The number of primary amides is 1. The predicted molar refractivity (Wildman–Crippen MR) is 101 cm³/mol. The molecule has 0 aliphatic rings. The zero-order valence-corrected chi connectivity index (χ0v) is 15.4. The Morgan fingerprint density at radius 3 is 2.48 bits per heavy atom. The van der Waals surface area contributed by atoms with Crippen LogP contribution >= 0.6 is 0 Å². The molecule has 2 rings (SSSR count). The lowest BCUT2D eigenvalue weighted by atomic mass is 10.1. The maximum atomic E-state index is 11.8. The van der Waals surface area contributed by atoms with E-state index in [9.17, 15) is 4.79 Å². The second-order valence-electron chi connectivity index (χ2n) is 6.65. The van der Waals surface area contributed by atoms with Gasteiger partial charge in [-0.25, -0.2) is 0 Å². The Bertz CT molecular complexity index is 766. The van der Waals surface area contributed by atoms with E-state index in [1.54, 1.807) is 12.1 Å². The highest BCUT2D eigenvalue weighted by molar-refractivity contribution is 5.95. The minimum atomic E-state index is -0.399. The van der Waals surface area contributed by atoms with E-state index in [1.165, 1.54) is 25.7 Å². The van der Waals surface area contributed by atoms with Gasteiger partial charge in [0.15, 0.2) is 0 Å². The number of rotatable bonds is 8. The van der Waals surface area contributed by atoms with Crippen molar-refractivity contribution in [1.29, 1.82) is 5.26 Å². The van der Waals surface area contributed by atoms with Gasteiger partial charge in [-0.15, -0.1) is 0 Å². The summed E-state index contributed by atoms with van der Waals surface area (Å²) in [5, 5.41) is 8.99. The van der Waals surface area contributed by atoms with E-state index in [4.69, 9.17) is 11.0 Å². The third kappa shape index (κ3) is 4.30. The summed E-state index contributed by atoms with van der Waals surface area (Å²) in [5.41, 5.74) is 9.65. The lowest BCUT2D eigenvalue weighted by Gasteiger charge is -2.20. The number of hydrogen-bond acceptors (Lipinski definition) is 2. The second kappa shape index (κ2) is 8.53. The summed E-state index contributed by atoms with van der Waals surface area (Å²) in [7, 11) is 0. The number of amides is 1. The van der Waals surface area contributed by atoms with Crippen LogP contribution in [-0.4, -0.2) is 10.5 Å². The van der Waals surface area contributed by atoms with Crippen LogP contribution in [0.4, 0.5) is 0 Å². The molecule has 0 saturated carbocycles. The van der Waals surface area contributed by atoms with Gasteiger partial charge in [-0.2, -0.15) is 5.26 Å². The number of aromatic nitrogens is 1. The number of hydrogen-bond donors (Lipinski definition) is 1. The smallest absolute Gasteiger partial charge is 0.250 e. The van der Waals surface area contributed by atoms with Gasteiger partial charge in [0.1, 0.15) is 0 Å². The summed E-state index contributed by atoms with van der Waals surface area (Å²) in [6, 6.07) is 11.8. The van der Waals surface area contributed by atoms with Crippen molar-refractivity contribution in [3.8, 4) is 17.3 Å². The molecule has 0 spiro atoms. The highest BCUT2D eigenvalue weighted by atomic mass is 16.1. The normalized spacial score (nSPS) is 11.9. The highest BCUT2D eigenvalue weighted by Gasteiger charge is 2.20. The molecule has 1 unspecified atom stereocenters. The molecule has 1 aromatic heterocycles. The van der Waals surface area contributed by atoms with E-state index in [2.05, 4.69) is 24.5 Å². The van der Waals surface area contributed by atoms with E-state index < -0.39 is 5.91 Å². The van der Waals surface area contributed by atoms with Crippen molar-refractivity contribution in [2.75, 3.05) is 0 Å². The predicted octanol–water partition coefficient (Wildman–Crippen LogP) is 4.97. The van der Waals surface area contributed by atoms with Crippen LogP contribution in [0.2, 0.25) is 0 Å². The van der Waals surface area contributed by atoms with Crippen LogP contribution in [0, 0.1) is 18.3 Å². The standard InChI is InChI=1S/C21H27N3O/c1-4-5-6-7-8-15(2)24-16(3)19(21(23)25)13-20(24)18-11-9-17(14-22)10-12-18/h9-13,15H,4-8H2,1-3H3,(H2,23,25). The lowest BCUT2D eigenvalue weighted by molar-refractivity contribution is 0.0999. The molecule has 132 valence electrons. The molecule has 0 aliphatic heterocycles. The maximum absolute atomic E-state index is 11.8. The molecule has 0 aliphatic carbocycles. The molecule has 2 N–H and O–H groups in total. The van der Waals surface area contributed by atoms with Gasteiger partial charge >= 0.3 is 0 Å². The largest absolute Gasteiger partial charge is 0.366 e. The van der Waals surface area contributed by atoms with Gasteiger partial charge in [0.25, 0.3) is 5.91 Å². The fraction of sp³-hybridized carbons (Fsp3) is 0.429. The van der Waals surface area contributed by atoms with Gasteiger partial charge in [0.05, 0.1) is 17.2 Å². The summed E-state index contributed by atoms with van der Waals surface area (Å²) in [6.07, 6.45) is 5.95. The Morgan fingerprint density at radius 2 is 1.92 bits per heavy atom. The molecule has 0 saturated heterocycles. The molecule has 1 aromatic carbocycles. The minimum Gasteiger partial charge on any atom is -0.366 e. The molecule has 4 nitrogen and oxygen atoms in total. The number of carbonyl (C=O) groups is 1. The van der Waals surface area contributed by atoms with Crippen molar-refractivity contribution < 1.29 is 4.79 Å². The number of carbonyl (C=O) groups excluding carboxylic acids is 1. The lowest BCUT2D eigenvalue weighted by Crippen LogP contribution is -2.14. The summed E-state index contributed by atoms with van der Waals surface area (Å²) >= 11 is 0. The number of nitrogens with two attached hydrogens (primary N) is 1. The van der Waals surface area contributed by atoms with E-state index in [1.807, 2.05) is 25.1 Å². The first-order chi connectivity index (χ1) is 12.0. The molecule has 0 radical (unpaired) electrons. The van der Waals surface area contributed by atoms with E-state index in [0.29, 0.717) is 11.1 Å². The summed E-state index contributed by atoms with van der Waals surface area (Å²) in [6.45, 7) is 6.36. The van der Waals surface area contributed by atoms with Gasteiger partial charge in [-0.3, -0.25) is 4.79 Å². The first-order valence-electron chi connectivity index (χ1n) is 9.01. The molecule has 0 bridgehead atoms. The molecule has 1 atom stereocenters. The zero-order chi connectivity index (χ0) is 18.4. The SMILES string of the molecule is CCCCCCC(C)n1c(-c2ccc(C#N)cc2)cc(C(N)=O)c1C. The third-order valence-electron chi connectivity index (χ3n) is 4.78. The van der Waals surface area contributed by atoms with Crippen molar-refractivity contribution in [1.82, 2.24) is 4.57 Å². The van der Waals surface area contributed by atoms with Crippen molar-refractivity contribution in [3.63, 3.8) is 0 Å². The number of nitriles is 1. The van der Waals surface area contributed by atoms with Crippen LogP contribution in [0.1, 0.15) is 73.6 Å². The van der Waals surface area contributed by atoms with Crippen LogP contribution in [-0.2, 0) is 0 Å². The van der Waals surface area contributed by atoms with Crippen LogP contribution < -0.4 is 5.73 Å². The van der Waals surface area contributed by atoms with E-state index >= 15 is 0 Å². The van der Waals surface area contributed by atoms with Gasteiger partial charge < -0.3 is 10.3 Å². The van der Waals surface area contributed by atoms with E-state index in [-0.39, 0.29) is 6.04 Å². The minimum absolute atomic E-state index is 0.288. The van der Waals surface area contributed by atoms with Gasteiger partial charge in [0, 0.05) is 17.4 Å². The van der Waals surface area contributed by atoms with Crippen LogP contribution in [0.15, 0.2) is 30.3 Å². The molecule has 0 fully saturated rings. The Morgan fingerprint density at radius 1 is 1.24 bits per heavy atom. The van der Waals surface area contributed by atoms with Gasteiger partial charge in [-0.1, -0.05) is 44.7 Å². The number of unbranched alkanes of at least 4 members (excludes halogenated alkanes) is 3. The molecule has 4 heteroatoms. The highest BCUT2D eigenvalue weighted by Crippen LogP contribution is 2.31. The quantitative estimate of drug-likeness (QED) is 0.691. The molecule has 25 heavy (non-hydrogen) atoms.